The summed E-state index contributed by atoms with van der Waals surface area (Å²) in [6, 6.07) is 10.4. The van der Waals surface area contributed by atoms with Crippen molar-refractivity contribution in [3.05, 3.63) is 47.8 Å². The lowest BCUT2D eigenvalue weighted by Gasteiger charge is -2.16. The topological polar surface area (TPSA) is 103 Å². The fourth-order valence-electron chi connectivity index (χ4n) is 3.90. The number of hydrogen-bond acceptors (Lipinski definition) is 6. The summed E-state index contributed by atoms with van der Waals surface area (Å²) in [7, 11) is 1.31. The highest BCUT2D eigenvalue weighted by Gasteiger charge is 2.20. The molecule has 0 radical (unpaired) electrons. The third kappa shape index (κ3) is 4.88. The second-order valence-electron chi connectivity index (χ2n) is 8.57. The number of carbonyl (C=O) groups is 1. The molecule has 1 atom stereocenters. The molecule has 4 rings (SSSR count). The summed E-state index contributed by atoms with van der Waals surface area (Å²) in [4.78, 5) is 17.4. The Kier molecular flexibility index (Phi) is 6.81. The minimum Gasteiger partial charge on any atom is -0.490 e. The molecular weight excluding hydrogens is 456 g/mol. The molecule has 9 nitrogen and oxygen atoms in total. The summed E-state index contributed by atoms with van der Waals surface area (Å²) < 4.78 is 39.3. The van der Waals surface area contributed by atoms with Gasteiger partial charge in [0.15, 0.2) is 11.5 Å². The van der Waals surface area contributed by atoms with E-state index < -0.39 is 10.0 Å². The van der Waals surface area contributed by atoms with Gasteiger partial charge in [-0.2, -0.15) is 0 Å². The van der Waals surface area contributed by atoms with Crippen molar-refractivity contribution < 1.29 is 22.7 Å². The number of carbonyl (C=O) groups excluding carboxylic acids is 1. The fraction of sp³-hybridized carbons (Fsp3) is 0.417. The van der Waals surface area contributed by atoms with E-state index in [9.17, 15) is 13.2 Å². The Morgan fingerprint density at radius 3 is 2.62 bits per heavy atom. The number of rotatable bonds is 7. The summed E-state index contributed by atoms with van der Waals surface area (Å²) in [5, 5.41) is 3.03. The molecular formula is C24H30N4O5S. The maximum atomic E-state index is 12.6. The molecule has 0 saturated carbocycles. The van der Waals surface area contributed by atoms with Crippen LogP contribution >= 0.6 is 0 Å². The van der Waals surface area contributed by atoms with Gasteiger partial charge in [0.25, 0.3) is 0 Å². The molecule has 0 fully saturated rings. The van der Waals surface area contributed by atoms with Gasteiger partial charge < -0.3 is 19.4 Å². The van der Waals surface area contributed by atoms with Crippen LogP contribution in [-0.4, -0.2) is 55.5 Å². The highest BCUT2D eigenvalue weighted by Crippen LogP contribution is 2.32. The molecule has 182 valence electrons. The SMILES string of the molecule is CC(NC(=O)CCc1nc2cc(S(=O)(=O)N(C)C)ccc2n1C)c1ccc2c(c1)OCCCO2. The summed E-state index contributed by atoms with van der Waals surface area (Å²) in [5.41, 5.74) is 2.34. The largest absolute Gasteiger partial charge is 0.490 e. The number of benzene rings is 2. The van der Waals surface area contributed by atoms with Crippen molar-refractivity contribution in [2.24, 2.45) is 7.05 Å². The van der Waals surface area contributed by atoms with E-state index in [0.717, 1.165) is 23.3 Å². The number of nitrogens with one attached hydrogen (secondary N) is 1. The van der Waals surface area contributed by atoms with E-state index in [1.807, 2.05) is 36.7 Å². The normalized spacial score (nSPS) is 14.7. The van der Waals surface area contributed by atoms with Crippen molar-refractivity contribution in [3.63, 3.8) is 0 Å². The highest BCUT2D eigenvalue weighted by molar-refractivity contribution is 7.89. The van der Waals surface area contributed by atoms with Crippen LogP contribution in [0.3, 0.4) is 0 Å². The molecule has 0 aliphatic carbocycles. The Balaban J connectivity index is 1.42. The second-order valence-corrected chi connectivity index (χ2v) is 10.7. The van der Waals surface area contributed by atoms with Crippen molar-refractivity contribution in [2.45, 2.75) is 37.1 Å². The molecule has 0 spiro atoms. The van der Waals surface area contributed by atoms with Crippen LogP contribution in [0.5, 0.6) is 11.5 Å². The van der Waals surface area contributed by atoms with Gasteiger partial charge in [-0.15, -0.1) is 0 Å². The van der Waals surface area contributed by atoms with Crippen molar-refractivity contribution in [1.29, 1.82) is 0 Å². The fourth-order valence-corrected chi connectivity index (χ4v) is 4.82. The average Bonchev–Trinajstić information content (AvgIpc) is 2.96. The molecule has 0 bridgehead atoms. The van der Waals surface area contributed by atoms with Gasteiger partial charge in [-0.05, 0) is 42.8 Å². The van der Waals surface area contributed by atoms with Crippen LogP contribution in [0.4, 0.5) is 0 Å². The standard InChI is InChI=1S/C24H30N4O5S/c1-16(17-6-9-21-22(14-17)33-13-5-12-32-21)25-24(29)11-10-23-26-19-15-18(34(30,31)27(2)3)7-8-20(19)28(23)4/h6-9,14-16H,5,10-13H2,1-4H3,(H,25,29). The molecule has 1 aromatic heterocycles. The molecule has 1 aliphatic rings. The number of aromatic nitrogens is 2. The Labute approximate surface area is 199 Å². The molecule has 0 saturated heterocycles. The first-order chi connectivity index (χ1) is 16.2. The van der Waals surface area contributed by atoms with E-state index >= 15 is 0 Å². The van der Waals surface area contributed by atoms with Gasteiger partial charge in [0.2, 0.25) is 15.9 Å². The van der Waals surface area contributed by atoms with Crippen molar-refractivity contribution in [2.75, 3.05) is 27.3 Å². The minimum atomic E-state index is -3.54. The van der Waals surface area contributed by atoms with Crippen LogP contribution in [0.15, 0.2) is 41.3 Å². The molecule has 1 amide bonds. The number of aryl methyl sites for hydroxylation is 2. The van der Waals surface area contributed by atoms with Crippen molar-refractivity contribution >= 4 is 27.0 Å². The molecule has 1 aliphatic heterocycles. The lowest BCUT2D eigenvalue weighted by atomic mass is 10.1. The maximum absolute atomic E-state index is 12.6. The zero-order valence-corrected chi connectivity index (χ0v) is 20.7. The molecule has 2 aromatic carbocycles. The predicted molar refractivity (Wildman–Crippen MR) is 129 cm³/mol. The van der Waals surface area contributed by atoms with Crippen molar-refractivity contribution in [3.8, 4) is 11.5 Å². The monoisotopic (exact) mass is 486 g/mol. The van der Waals surface area contributed by atoms with E-state index in [-0.39, 0.29) is 23.3 Å². The number of amides is 1. The Morgan fingerprint density at radius 1 is 1.15 bits per heavy atom. The number of hydrogen-bond donors (Lipinski definition) is 1. The number of nitrogens with zero attached hydrogens (tertiary/aromatic N) is 3. The van der Waals surface area contributed by atoms with Crippen LogP contribution in [-0.2, 0) is 28.3 Å². The van der Waals surface area contributed by atoms with Gasteiger partial charge in [-0.25, -0.2) is 17.7 Å². The summed E-state index contributed by atoms with van der Waals surface area (Å²) >= 11 is 0. The van der Waals surface area contributed by atoms with Crippen LogP contribution in [0.2, 0.25) is 0 Å². The van der Waals surface area contributed by atoms with Gasteiger partial charge in [0.1, 0.15) is 5.82 Å². The molecule has 1 unspecified atom stereocenters. The van der Waals surface area contributed by atoms with E-state index in [0.29, 0.717) is 36.7 Å². The van der Waals surface area contributed by atoms with Crippen LogP contribution in [0, 0.1) is 0 Å². The first kappa shape index (κ1) is 24.0. The molecule has 2 heterocycles. The maximum Gasteiger partial charge on any atom is 0.242 e. The zero-order valence-electron chi connectivity index (χ0n) is 19.9. The summed E-state index contributed by atoms with van der Waals surface area (Å²) in [6.07, 6.45) is 1.53. The second kappa shape index (κ2) is 9.63. The van der Waals surface area contributed by atoms with Gasteiger partial charge in [-0.1, -0.05) is 6.07 Å². The van der Waals surface area contributed by atoms with E-state index in [2.05, 4.69) is 10.3 Å². The van der Waals surface area contributed by atoms with Gasteiger partial charge >= 0.3 is 0 Å². The Morgan fingerprint density at radius 2 is 1.88 bits per heavy atom. The van der Waals surface area contributed by atoms with E-state index in [4.69, 9.17) is 9.47 Å². The average molecular weight is 487 g/mol. The molecule has 34 heavy (non-hydrogen) atoms. The smallest absolute Gasteiger partial charge is 0.242 e. The van der Waals surface area contributed by atoms with Gasteiger partial charge in [-0.3, -0.25) is 4.79 Å². The van der Waals surface area contributed by atoms with Gasteiger partial charge in [0, 0.05) is 40.4 Å². The Bertz CT molecular complexity index is 1320. The number of sulfonamides is 1. The minimum absolute atomic E-state index is 0.0949. The third-order valence-corrected chi connectivity index (χ3v) is 7.76. The molecule has 1 N–H and O–H groups in total. The first-order valence-corrected chi connectivity index (χ1v) is 12.7. The third-order valence-electron chi connectivity index (χ3n) is 5.95. The molecule has 3 aromatic rings. The zero-order chi connectivity index (χ0) is 24.5. The quantitative estimate of drug-likeness (QED) is 0.551. The van der Waals surface area contributed by atoms with Crippen LogP contribution in [0.1, 0.15) is 37.2 Å². The van der Waals surface area contributed by atoms with E-state index in [1.54, 1.807) is 18.2 Å². The lowest BCUT2D eigenvalue weighted by Crippen LogP contribution is -2.27. The molecule has 10 heteroatoms. The van der Waals surface area contributed by atoms with Crippen molar-refractivity contribution in [1.82, 2.24) is 19.2 Å². The number of ether oxygens (including phenoxy) is 2. The highest BCUT2D eigenvalue weighted by atomic mass is 32.2. The predicted octanol–water partition coefficient (Wildman–Crippen LogP) is 2.79. The number of imidazole rings is 1. The van der Waals surface area contributed by atoms with Crippen LogP contribution in [0.25, 0.3) is 11.0 Å². The van der Waals surface area contributed by atoms with Gasteiger partial charge in [0.05, 0.1) is 35.2 Å². The summed E-state index contributed by atoms with van der Waals surface area (Å²) in [5.74, 6) is 2.05. The first-order valence-electron chi connectivity index (χ1n) is 11.2. The Hall–Kier alpha value is -3.11. The van der Waals surface area contributed by atoms with Crippen LogP contribution < -0.4 is 14.8 Å². The van der Waals surface area contributed by atoms with E-state index in [1.165, 1.54) is 18.4 Å². The summed E-state index contributed by atoms with van der Waals surface area (Å²) in [6.45, 7) is 3.17. The number of fused-ring (bicyclic) bond motifs is 2. The lowest BCUT2D eigenvalue weighted by molar-refractivity contribution is -0.121.